The van der Waals surface area contributed by atoms with E-state index in [1.54, 1.807) is 0 Å². The monoisotopic (exact) mass is 129 g/mol. The first-order chi connectivity index (χ1) is 4.25. The fourth-order valence-corrected chi connectivity index (χ4v) is 0.979. The van der Waals surface area contributed by atoms with E-state index < -0.39 is 5.97 Å². The molecule has 1 heterocycles. The highest BCUT2D eigenvalue weighted by atomic mass is 16.4. The van der Waals surface area contributed by atoms with Crippen molar-refractivity contribution in [2.24, 2.45) is 0 Å². The normalized spacial score (nSPS) is 32.1. The maximum Gasteiger partial charge on any atom is 0.322 e. The van der Waals surface area contributed by atoms with Gasteiger partial charge in [0.05, 0.1) is 0 Å². The van der Waals surface area contributed by atoms with Crippen LogP contribution in [0.5, 0.6) is 0 Å². The highest BCUT2D eigenvalue weighted by molar-refractivity contribution is 5.78. The summed E-state index contributed by atoms with van der Waals surface area (Å²) in [5.74, 6) is -0.714. The number of carboxylic acids is 1. The summed E-state index contributed by atoms with van der Waals surface area (Å²) in [6.07, 6.45) is 2.04. The molecule has 52 valence electrons. The van der Waals surface area contributed by atoms with E-state index in [1.165, 1.54) is 0 Å². The molecule has 3 heteroatoms. The van der Waals surface area contributed by atoms with Crippen molar-refractivity contribution >= 4 is 5.97 Å². The topological polar surface area (TPSA) is 59.2 Å². The van der Waals surface area contributed by atoms with Crippen molar-refractivity contribution in [3.63, 3.8) is 0 Å². The van der Waals surface area contributed by atoms with E-state index in [0.29, 0.717) is 0 Å². The molecule has 0 amide bonds. The van der Waals surface area contributed by atoms with Crippen LogP contribution in [0.15, 0.2) is 0 Å². The number of carbonyl (C=O) groups is 1. The summed E-state index contributed by atoms with van der Waals surface area (Å²) in [7, 11) is 0. The van der Waals surface area contributed by atoms with Gasteiger partial charge in [0.15, 0.2) is 0 Å². The van der Waals surface area contributed by atoms with Gasteiger partial charge < -0.3 is 5.11 Å². The molecule has 9 heavy (non-hydrogen) atoms. The minimum absolute atomic E-state index is 0.245. The van der Waals surface area contributed by atoms with Gasteiger partial charge in [-0.1, -0.05) is 13.3 Å². The van der Waals surface area contributed by atoms with E-state index in [-0.39, 0.29) is 12.1 Å². The molecule has 1 saturated heterocycles. The average Bonchev–Trinajstić information content (AvgIpc) is 2.47. The van der Waals surface area contributed by atoms with Gasteiger partial charge in [0.2, 0.25) is 0 Å². The third kappa shape index (κ3) is 1.42. The summed E-state index contributed by atoms with van der Waals surface area (Å²) in [5.41, 5.74) is 0. The molecule has 0 aromatic rings. The van der Waals surface area contributed by atoms with Crippen molar-refractivity contribution in [2.75, 3.05) is 0 Å². The Morgan fingerprint density at radius 1 is 1.78 bits per heavy atom. The van der Waals surface area contributed by atoms with Crippen LogP contribution in [0.1, 0.15) is 19.8 Å². The largest absolute Gasteiger partial charge is 0.480 e. The fourth-order valence-electron chi connectivity index (χ4n) is 0.979. The van der Waals surface area contributed by atoms with Crippen LogP contribution in [0.4, 0.5) is 0 Å². The van der Waals surface area contributed by atoms with Gasteiger partial charge >= 0.3 is 5.97 Å². The summed E-state index contributed by atoms with van der Waals surface area (Å²) in [5, 5.41) is 11.3. The lowest BCUT2D eigenvalue weighted by Gasteiger charge is -1.86. The maximum absolute atomic E-state index is 10.2. The number of hydrogen-bond donors (Lipinski definition) is 2. The Kier molecular flexibility index (Phi) is 1.71. The third-order valence-corrected chi connectivity index (χ3v) is 1.55. The Balaban J connectivity index is 2.17. The van der Waals surface area contributed by atoms with Crippen LogP contribution in [0, 0.1) is 0 Å². The Morgan fingerprint density at radius 2 is 2.44 bits per heavy atom. The molecule has 1 rings (SSSR count). The Hall–Kier alpha value is -0.570. The van der Waals surface area contributed by atoms with E-state index in [1.807, 2.05) is 0 Å². The molecule has 0 aromatic heterocycles. The quantitative estimate of drug-likeness (QED) is 0.535. The molecule has 1 fully saturated rings. The lowest BCUT2D eigenvalue weighted by molar-refractivity contribution is -0.136. The van der Waals surface area contributed by atoms with E-state index in [4.69, 9.17) is 5.11 Å². The average molecular weight is 129 g/mol. The van der Waals surface area contributed by atoms with Crippen LogP contribution in [0.3, 0.4) is 0 Å². The van der Waals surface area contributed by atoms with Crippen molar-refractivity contribution in [3.8, 4) is 0 Å². The molecule has 1 aliphatic rings. The molecule has 0 aliphatic carbocycles. The first-order valence-electron chi connectivity index (χ1n) is 3.24. The van der Waals surface area contributed by atoms with Crippen LogP contribution in [0.25, 0.3) is 0 Å². The highest BCUT2D eigenvalue weighted by Gasteiger charge is 2.41. The minimum atomic E-state index is -0.714. The van der Waals surface area contributed by atoms with Gasteiger partial charge in [-0.05, 0) is 6.42 Å². The first kappa shape index (κ1) is 6.55. The summed E-state index contributed by atoms with van der Waals surface area (Å²) in [4.78, 5) is 10.2. The van der Waals surface area contributed by atoms with Crippen LogP contribution in [0.2, 0.25) is 0 Å². The van der Waals surface area contributed by atoms with Crippen LogP contribution in [-0.2, 0) is 4.79 Å². The molecule has 3 nitrogen and oxygen atoms in total. The molecular formula is C6H11NO2. The van der Waals surface area contributed by atoms with Crippen molar-refractivity contribution < 1.29 is 9.90 Å². The second-order valence-electron chi connectivity index (χ2n) is 2.38. The van der Waals surface area contributed by atoms with Gasteiger partial charge in [-0.2, -0.15) is 0 Å². The van der Waals surface area contributed by atoms with Crippen molar-refractivity contribution in [1.29, 1.82) is 0 Å². The molecule has 0 saturated carbocycles. The molecule has 2 N–H and O–H groups in total. The summed E-state index contributed by atoms with van der Waals surface area (Å²) < 4.78 is 0. The zero-order chi connectivity index (χ0) is 6.85. The highest BCUT2D eigenvalue weighted by Crippen LogP contribution is 2.15. The van der Waals surface area contributed by atoms with Crippen molar-refractivity contribution in [3.05, 3.63) is 0 Å². The van der Waals surface area contributed by atoms with Gasteiger partial charge in [0, 0.05) is 6.04 Å². The number of hydrogen-bond acceptors (Lipinski definition) is 2. The van der Waals surface area contributed by atoms with Crippen molar-refractivity contribution in [1.82, 2.24) is 5.32 Å². The van der Waals surface area contributed by atoms with Gasteiger partial charge in [-0.15, -0.1) is 0 Å². The lowest BCUT2D eigenvalue weighted by Crippen LogP contribution is -2.08. The van der Waals surface area contributed by atoms with Crippen LogP contribution < -0.4 is 5.32 Å². The number of rotatable bonds is 3. The molecule has 2 atom stereocenters. The molecule has 0 aromatic carbocycles. The standard InChI is InChI=1S/C6H11NO2/c1-2-3-4-5(7-4)6(8)9/h4-5,7H,2-3H2,1H3,(H,8,9)/t4?,5-/m1/s1. The molecule has 1 aliphatic heterocycles. The second kappa shape index (κ2) is 2.35. The molecule has 0 bridgehead atoms. The SMILES string of the molecule is CCCC1N[C@H]1C(=O)O. The zero-order valence-electron chi connectivity index (χ0n) is 5.42. The van der Waals surface area contributed by atoms with Crippen LogP contribution >= 0.6 is 0 Å². The van der Waals surface area contributed by atoms with E-state index in [9.17, 15) is 4.79 Å². The predicted octanol–water partition coefficient (Wildman–Crippen LogP) is 0.211. The molecule has 0 spiro atoms. The van der Waals surface area contributed by atoms with Gasteiger partial charge in [-0.25, -0.2) is 0 Å². The summed E-state index contributed by atoms with van der Waals surface area (Å²) in [6, 6.07) is 0.0115. The second-order valence-corrected chi connectivity index (χ2v) is 2.38. The van der Waals surface area contributed by atoms with E-state index >= 15 is 0 Å². The summed E-state index contributed by atoms with van der Waals surface area (Å²) in [6.45, 7) is 2.05. The first-order valence-corrected chi connectivity index (χ1v) is 3.24. The maximum atomic E-state index is 10.2. The Bertz CT molecular complexity index is 124. The zero-order valence-corrected chi connectivity index (χ0v) is 5.42. The fraction of sp³-hybridized carbons (Fsp3) is 0.833. The Morgan fingerprint density at radius 3 is 2.78 bits per heavy atom. The molecule has 1 unspecified atom stereocenters. The van der Waals surface area contributed by atoms with E-state index in [2.05, 4.69) is 12.2 Å². The Labute approximate surface area is 54.1 Å². The molecular weight excluding hydrogens is 118 g/mol. The van der Waals surface area contributed by atoms with Gasteiger partial charge in [0.1, 0.15) is 6.04 Å². The van der Waals surface area contributed by atoms with Gasteiger partial charge in [-0.3, -0.25) is 10.1 Å². The lowest BCUT2D eigenvalue weighted by atomic mass is 10.2. The van der Waals surface area contributed by atoms with E-state index in [0.717, 1.165) is 12.8 Å². The third-order valence-electron chi connectivity index (χ3n) is 1.55. The summed E-state index contributed by atoms with van der Waals surface area (Å²) >= 11 is 0. The number of aliphatic carboxylic acids is 1. The predicted molar refractivity (Wildman–Crippen MR) is 33.3 cm³/mol. The van der Waals surface area contributed by atoms with Crippen LogP contribution in [-0.4, -0.2) is 23.2 Å². The number of carboxylic acid groups (broad SMARTS) is 1. The molecule has 0 radical (unpaired) electrons. The van der Waals surface area contributed by atoms with Crippen molar-refractivity contribution in [2.45, 2.75) is 31.8 Å². The smallest absolute Gasteiger partial charge is 0.322 e. The van der Waals surface area contributed by atoms with Gasteiger partial charge in [0.25, 0.3) is 0 Å². The number of nitrogens with one attached hydrogen (secondary N) is 1. The minimum Gasteiger partial charge on any atom is -0.480 e.